The molecule has 0 amide bonds. The average Bonchev–Trinajstić information content (AvgIpc) is 2.70. The molecule has 1 nitrogen and oxygen atoms in total. The highest BCUT2D eigenvalue weighted by Gasteiger charge is 2.27. The Morgan fingerprint density at radius 3 is 1.92 bits per heavy atom. The highest BCUT2D eigenvalue weighted by molar-refractivity contribution is 6.44. The summed E-state index contributed by atoms with van der Waals surface area (Å²) in [7, 11) is -0.225. The zero-order valence-electron chi connectivity index (χ0n) is 16.0. The van der Waals surface area contributed by atoms with Crippen molar-refractivity contribution < 1.29 is 0 Å². The summed E-state index contributed by atoms with van der Waals surface area (Å²) in [6.07, 6.45) is 6.82. The molecule has 0 aromatic heterocycles. The lowest BCUT2D eigenvalue weighted by molar-refractivity contribution is 0.141. The molecule has 0 aliphatic heterocycles. The smallest absolute Gasteiger partial charge is 0.104 e. The SMILES string of the molecule is C[SiH2]C#C[C@@H](C1CCCCC1)N(Cc1ccccc1)Cc1ccccc1. The number of hydrogen-bond donors (Lipinski definition) is 0. The van der Waals surface area contributed by atoms with Gasteiger partial charge in [-0.05, 0) is 29.9 Å². The van der Waals surface area contributed by atoms with Gasteiger partial charge in [-0.3, -0.25) is 4.90 Å². The molecule has 2 aromatic carbocycles. The van der Waals surface area contributed by atoms with Gasteiger partial charge in [-0.15, -0.1) is 5.54 Å². The van der Waals surface area contributed by atoms with Crippen molar-refractivity contribution in [3.05, 3.63) is 71.8 Å². The molecular weight excluding hydrogens is 330 g/mol. The van der Waals surface area contributed by atoms with E-state index in [1.165, 1.54) is 43.2 Å². The average molecular weight is 362 g/mol. The summed E-state index contributed by atoms with van der Waals surface area (Å²) in [5.74, 6) is 4.44. The van der Waals surface area contributed by atoms with Crippen LogP contribution < -0.4 is 0 Å². The van der Waals surface area contributed by atoms with E-state index in [4.69, 9.17) is 0 Å². The number of benzene rings is 2. The molecule has 0 saturated heterocycles. The second kappa shape index (κ2) is 10.4. The Kier molecular flexibility index (Phi) is 7.55. The molecule has 0 spiro atoms. The van der Waals surface area contributed by atoms with E-state index in [9.17, 15) is 0 Å². The van der Waals surface area contributed by atoms with Crippen LogP contribution in [0.25, 0.3) is 0 Å². The van der Waals surface area contributed by atoms with Gasteiger partial charge in [0.2, 0.25) is 0 Å². The maximum absolute atomic E-state index is 3.72. The fraction of sp³-hybridized carbons (Fsp3) is 0.417. The fourth-order valence-electron chi connectivity index (χ4n) is 4.05. The van der Waals surface area contributed by atoms with Crippen molar-refractivity contribution in [2.45, 2.75) is 57.8 Å². The molecule has 0 radical (unpaired) electrons. The van der Waals surface area contributed by atoms with E-state index in [2.05, 4.69) is 83.6 Å². The van der Waals surface area contributed by atoms with Crippen molar-refractivity contribution in [2.75, 3.05) is 0 Å². The summed E-state index contributed by atoms with van der Waals surface area (Å²) >= 11 is 0. The van der Waals surface area contributed by atoms with Gasteiger partial charge in [-0.1, -0.05) is 92.4 Å². The Labute approximate surface area is 161 Å². The zero-order valence-corrected chi connectivity index (χ0v) is 17.4. The second-order valence-corrected chi connectivity index (χ2v) is 8.45. The summed E-state index contributed by atoms with van der Waals surface area (Å²) < 4.78 is 0. The Balaban J connectivity index is 1.86. The maximum atomic E-state index is 3.72. The van der Waals surface area contributed by atoms with Crippen LogP contribution in [0.5, 0.6) is 0 Å². The Morgan fingerprint density at radius 2 is 1.42 bits per heavy atom. The van der Waals surface area contributed by atoms with E-state index in [1.807, 2.05) is 0 Å². The summed E-state index contributed by atoms with van der Waals surface area (Å²) in [5, 5.41) is 0. The Bertz CT molecular complexity index is 654. The molecule has 1 fully saturated rings. The summed E-state index contributed by atoms with van der Waals surface area (Å²) in [5.41, 5.74) is 6.32. The third kappa shape index (κ3) is 5.59. The predicted octanol–water partition coefficient (Wildman–Crippen LogP) is 4.82. The summed E-state index contributed by atoms with van der Waals surface area (Å²) in [6, 6.07) is 22.2. The van der Waals surface area contributed by atoms with Crippen LogP contribution >= 0.6 is 0 Å². The van der Waals surface area contributed by atoms with Crippen LogP contribution in [0.15, 0.2) is 60.7 Å². The third-order valence-corrected chi connectivity index (χ3v) is 5.93. The maximum Gasteiger partial charge on any atom is 0.104 e. The highest BCUT2D eigenvalue weighted by Crippen LogP contribution is 2.30. The van der Waals surface area contributed by atoms with E-state index in [0.29, 0.717) is 6.04 Å². The zero-order chi connectivity index (χ0) is 18.0. The first-order valence-corrected chi connectivity index (χ1v) is 12.3. The van der Waals surface area contributed by atoms with Crippen LogP contribution in [-0.2, 0) is 13.1 Å². The highest BCUT2D eigenvalue weighted by atomic mass is 28.2. The van der Waals surface area contributed by atoms with Gasteiger partial charge in [0, 0.05) is 13.1 Å². The monoisotopic (exact) mass is 361 g/mol. The number of hydrogen-bond acceptors (Lipinski definition) is 1. The lowest BCUT2D eigenvalue weighted by Crippen LogP contribution is -2.40. The van der Waals surface area contributed by atoms with E-state index in [1.54, 1.807) is 0 Å². The number of nitrogens with zero attached hydrogens (tertiary/aromatic N) is 1. The van der Waals surface area contributed by atoms with Crippen LogP contribution in [0.4, 0.5) is 0 Å². The minimum absolute atomic E-state index is 0.225. The van der Waals surface area contributed by atoms with Gasteiger partial charge < -0.3 is 0 Å². The third-order valence-electron chi connectivity index (χ3n) is 5.37. The van der Waals surface area contributed by atoms with Gasteiger partial charge in [0.25, 0.3) is 0 Å². The quantitative estimate of drug-likeness (QED) is 0.527. The standard InChI is InChI=1S/C24H31NSi/c1-26-18-17-24(23-15-9-4-10-16-23)25(19-21-11-5-2-6-12-21)20-22-13-7-3-8-14-22/h2-3,5-8,11-14,23-24H,4,9-10,15-16,19-20,26H2,1H3/t24-/m0/s1. The van der Waals surface area contributed by atoms with Gasteiger partial charge >= 0.3 is 0 Å². The van der Waals surface area contributed by atoms with Crippen LogP contribution in [0, 0.1) is 17.4 Å². The fourth-order valence-corrected chi connectivity index (χ4v) is 4.47. The minimum Gasteiger partial charge on any atom is -0.281 e. The molecular formula is C24H31NSi. The second-order valence-electron chi connectivity index (χ2n) is 7.39. The molecule has 0 bridgehead atoms. The number of rotatable bonds is 6. The van der Waals surface area contributed by atoms with Crippen LogP contribution in [-0.4, -0.2) is 20.5 Å². The minimum atomic E-state index is -0.225. The molecule has 0 unspecified atom stereocenters. The lowest BCUT2D eigenvalue weighted by atomic mass is 9.83. The molecule has 2 aromatic rings. The van der Waals surface area contributed by atoms with Crippen molar-refractivity contribution in [1.82, 2.24) is 4.90 Å². The van der Waals surface area contributed by atoms with Gasteiger partial charge in [-0.25, -0.2) is 0 Å². The summed E-state index contributed by atoms with van der Waals surface area (Å²) in [6.45, 7) is 4.26. The molecule has 26 heavy (non-hydrogen) atoms. The van der Waals surface area contributed by atoms with Crippen molar-refractivity contribution >= 4 is 9.52 Å². The Hall–Kier alpha value is -1.82. The molecule has 3 rings (SSSR count). The first-order chi connectivity index (χ1) is 12.9. The van der Waals surface area contributed by atoms with Crippen molar-refractivity contribution in [3.8, 4) is 11.5 Å². The molecule has 1 atom stereocenters. The molecule has 1 aliphatic rings. The van der Waals surface area contributed by atoms with Crippen LogP contribution in [0.3, 0.4) is 0 Å². The van der Waals surface area contributed by atoms with Crippen molar-refractivity contribution in [3.63, 3.8) is 0 Å². The first-order valence-electron chi connectivity index (χ1n) is 10.2. The van der Waals surface area contributed by atoms with Gasteiger partial charge in [0.15, 0.2) is 0 Å². The summed E-state index contributed by atoms with van der Waals surface area (Å²) in [4.78, 5) is 2.64. The van der Waals surface area contributed by atoms with E-state index in [0.717, 1.165) is 19.0 Å². The molecule has 0 N–H and O–H groups in total. The van der Waals surface area contributed by atoms with Gasteiger partial charge in [0.05, 0.1) is 6.04 Å². The predicted molar refractivity (Wildman–Crippen MR) is 115 cm³/mol. The molecule has 0 heterocycles. The van der Waals surface area contributed by atoms with Crippen molar-refractivity contribution in [2.24, 2.45) is 5.92 Å². The van der Waals surface area contributed by atoms with Crippen LogP contribution in [0.1, 0.15) is 43.2 Å². The first kappa shape index (κ1) is 19.0. The Morgan fingerprint density at radius 1 is 0.885 bits per heavy atom. The molecule has 2 heteroatoms. The van der Waals surface area contributed by atoms with E-state index >= 15 is 0 Å². The largest absolute Gasteiger partial charge is 0.281 e. The van der Waals surface area contributed by atoms with Crippen molar-refractivity contribution in [1.29, 1.82) is 0 Å². The van der Waals surface area contributed by atoms with Gasteiger partial charge in [-0.2, -0.15) is 0 Å². The molecule has 1 saturated carbocycles. The molecule has 1 aliphatic carbocycles. The molecule has 136 valence electrons. The normalized spacial score (nSPS) is 16.5. The van der Waals surface area contributed by atoms with Crippen LogP contribution in [0.2, 0.25) is 6.55 Å². The lowest BCUT2D eigenvalue weighted by Gasteiger charge is -2.36. The van der Waals surface area contributed by atoms with E-state index in [-0.39, 0.29) is 9.52 Å². The van der Waals surface area contributed by atoms with E-state index < -0.39 is 0 Å². The van der Waals surface area contributed by atoms with Gasteiger partial charge in [0.1, 0.15) is 9.52 Å². The topological polar surface area (TPSA) is 3.24 Å².